The molecule has 1 N–H and O–H groups in total. The van der Waals surface area contributed by atoms with Crippen molar-refractivity contribution in [3.05, 3.63) is 94.3 Å². The lowest BCUT2D eigenvalue weighted by Crippen LogP contribution is -2.64. The van der Waals surface area contributed by atoms with Crippen molar-refractivity contribution in [3.63, 3.8) is 0 Å². The van der Waals surface area contributed by atoms with Crippen LogP contribution in [0.5, 0.6) is 0 Å². The number of para-hydroxylation sites is 1. The number of carbonyl (C=O) groups excluding carboxylic acids is 2. The van der Waals surface area contributed by atoms with Gasteiger partial charge in [0.1, 0.15) is 11.2 Å². The van der Waals surface area contributed by atoms with Crippen molar-refractivity contribution in [2.45, 2.75) is 32.0 Å². The van der Waals surface area contributed by atoms with Crippen molar-refractivity contribution in [3.8, 4) is 0 Å². The van der Waals surface area contributed by atoms with Gasteiger partial charge >= 0.3 is 0 Å². The maximum atomic E-state index is 13.7. The molecule has 0 saturated heterocycles. The molecule has 5 nitrogen and oxygen atoms in total. The number of nitrogens with zero attached hydrogens (tertiary/aromatic N) is 2. The topological polar surface area (TPSA) is 54.3 Å². The summed E-state index contributed by atoms with van der Waals surface area (Å²) >= 11 is 1.67. The highest BCUT2D eigenvalue weighted by Gasteiger charge is 2.47. The highest BCUT2D eigenvalue weighted by Crippen LogP contribution is 2.32. The smallest absolute Gasteiger partial charge is 0.271 e. The van der Waals surface area contributed by atoms with Gasteiger partial charge in [-0.05, 0) is 42.5 Å². The molecule has 32 heavy (non-hydrogen) atoms. The summed E-state index contributed by atoms with van der Waals surface area (Å²) in [5.41, 5.74) is 1.67. The van der Waals surface area contributed by atoms with Gasteiger partial charge in [-0.3, -0.25) is 9.59 Å². The van der Waals surface area contributed by atoms with E-state index in [1.165, 1.54) is 4.88 Å². The molecule has 0 radical (unpaired) electrons. The van der Waals surface area contributed by atoms with Crippen LogP contribution in [-0.2, 0) is 24.3 Å². The molecule has 5 rings (SSSR count). The van der Waals surface area contributed by atoms with E-state index >= 15 is 0 Å². The Bertz CT molecular complexity index is 1260. The van der Waals surface area contributed by atoms with Gasteiger partial charge in [0.15, 0.2) is 0 Å². The van der Waals surface area contributed by atoms with E-state index in [2.05, 4.69) is 11.4 Å². The van der Waals surface area contributed by atoms with Crippen LogP contribution >= 0.6 is 11.3 Å². The number of carbonyl (C=O) groups is 2. The summed E-state index contributed by atoms with van der Waals surface area (Å²) in [6.45, 7) is 3.24. The molecule has 2 aromatic heterocycles. The minimum Gasteiger partial charge on any atom is -0.350 e. The van der Waals surface area contributed by atoms with Crippen LogP contribution in [0, 0.1) is 0 Å². The monoisotopic (exact) mass is 443 g/mol. The van der Waals surface area contributed by atoms with Crippen LogP contribution in [0.25, 0.3) is 10.9 Å². The lowest BCUT2D eigenvalue weighted by Gasteiger charge is -2.44. The molecular formula is C26H25N3O2S. The normalized spacial score (nSPS) is 18.0. The fourth-order valence-electron chi connectivity index (χ4n) is 4.50. The molecule has 0 spiro atoms. The quantitative estimate of drug-likeness (QED) is 0.478. The Kier molecular flexibility index (Phi) is 5.31. The van der Waals surface area contributed by atoms with Gasteiger partial charge in [0.05, 0.1) is 6.54 Å². The zero-order valence-electron chi connectivity index (χ0n) is 18.0. The molecule has 3 heterocycles. The Morgan fingerprint density at radius 2 is 1.84 bits per heavy atom. The van der Waals surface area contributed by atoms with E-state index in [0.29, 0.717) is 25.3 Å². The van der Waals surface area contributed by atoms with Gasteiger partial charge in [-0.15, -0.1) is 11.3 Å². The fraction of sp³-hybridized carbons (Fsp3) is 0.231. The van der Waals surface area contributed by atoms with Gasteiger partial charge < -0.3 is 14.8 Å². The lowest BCUT2D eigenvalue weighted by molar-refractivity contribution is -0.133. The van der Waals surface area contributed by atoms with Crippen molar-refractivity contribution < 1.29 is 9.59 Å². The summed E-state index contributed by atoms with van der Waals surface area (Å²) in [5.74, 6) is -0.231. The van der Waals surface area contributed by atoms with E-state index in [9.17, 15) is 9.59 Å². The van der Waals surface area contributed by atoms with E-state index in [4.69, 9.17) is 0 Å². The van der Waals surface area contributed by atoms with E-state index < -0.39 is 5.54 Å². The van der Waals surface area contributed by atoms with Gasteiger partial charge in [-0.2, -0.15) is 0 Å². The van der Waals surface area contributed by atoms with E-state index in [0.717, 1.165) is 22.9 Å². The van der Waals surface area contributed by atoms with Gasteiger partial charge in [0.2, 0.25) is 5.91 Å². The second kappa shape index (κ2) is 8.28. The molecule has 2 aromatic carbocycles. The number of nitrogens with one attached hydrogen (secondary N) is 1. The minimum atomic E-state index is -0.988. The Morgan fingerprint density at radius 3 is 2.62 bits per heavy atom. The molecule has 2 amide bonds. The standard InChI is InChI=1S/C26H25N3O2S/c1-26(25(31)27-17-19-8-3-2-4-9-19)18-28-22-12-6-5-10-20(22)16-23(28)24(30)29(26)14-13-21-11-7-15-32-21/h2-12,15-16H,13-14,17-18H2,1H3,(H,27,31)/t26-/m0/s1. The number of benzene rings is 2. The van der Waals surface area contributed by atoms with Crippen molar-refractivity contribution in [1.82, 2.24) is 14.8 Å². The third-order valence-electron chi connectivity index (χ3n) is 6.28. The molecule has 6 heteroatoms. The molecule has 0 aliphatic carbocycles. The van der Waals surface area contributed by atoms with Crippen LogP contribution in [0.3, 0.4) is 0 Å². The largest absolute Gasteiger partial charge is 0.350 e. The van der Waals surface area contributed by atoms with Gasteiger partial charge in [-0.25, -0.2) is 0 Å². The SMILES string of the molecule is C[C@@]1(C(=O)NCc2ccccc2)Cn2c(cc3ccccc32)C(=O)N1CCc1cccs1. The first-order chi connectivity index (χ1) is 15.6. The molecular weight excluding hydrogens is 418 g/mol. The van der Waals surface area contributed by atoms with Crippen LogP contribution in [-0.4, -0.2) is 33.4 Å². The number of rotatable bonds is 6. The predicted molar refractivity (Wildman–Crippen MR) is 128 cm³/mol. The Labute approximate surface area is 191 Å². The first-order valence-corrected chi connectivity index (χ1v) is 11.7. The third-order valence-corrected chi connectivity index (χ3v) is 7.22. The van der Waals surface area contributed by atoms with Crippen LogP contribution in [0.15, 0.2) is 78.2 Å². The molecule has 0 fully saturated rings. The second-order valence-corrected chi connectivity index (χ2v) is 9.44. The van der Waals surface area contributed by atoms with Crippen LogP contribution in [0.1, 0.15) is 27.9 Å². The molecule has 4 aromatic rings. The first kappa shape index (κ1) is 20.5. The fourth-order valence-corrected chi connectivity index (χ4v) is 5.20. The summed E-state index contributed by atoms with van der Waals surface area (Å²) < 4.78 is 2.00. The molecule has 0 saturated carbocycles. The predicted octanol–water partition coefficient (Wildman–Crippen LogP) is 4.48. The van der Waals surface area contributed by atoms with Gasteiger partial charge in [0, 0.05) is 28.9 Å². The summed E-state index contributed by atoms with van der Waals surface area (Å²) in [7, 11) is 0. The zero-order chi connectivity index (χ0) is 22.1. The van der Waals surface area contributed by atoms with E-state index in [1.807, 2.05) is 83.6 Å². The number of amides is 2. The number of hydrogen-bond acceptors (Lipinski definition) is 3. The van der Waals surface area contributed by atoms with Crippen molar-refractivity contribution in [2.24, 2.45) is 0 Å². The number of hydrogen-bond donors (Lipinski definition) is 1. The first-order valence-electron chi connectivity index (χ1n) is 10.8. The van der Waals surface area contributed by atoms with Crippen LogP contribution in [0.4, 0.5) is 0 Å². The summed E-state index contributed by atoms with van der Waals surface area (Å²) in [5, 5.41) is 6.14. The Balaban J connectivity index is 1.49. The van der Waals surface area contributed by atoms with E-state index in [-0.39, 0.29) is 11.8 Å². The van der Waals surface area contributed by atoms with Gasteiger partial charge in [0.25, 0.3) is 5.91 Å². The number of fused-ring (bicyclic) bond motifs is 3. The summed E-state index contributed by atoms with van der Waals surface area (Å²) in [6.07, 6.45) is 0.727. The lowest BCUT2D eigenvalue weighted by atomic mass is 9.94. The number of aromatic nitrogens is 1. The van der Waals surface area contributed by atoms with Crippen LogP contribution < -0.4 is 5.32 Å². The molecule has 1 aliphatic heterocycles. The maximum absolute atomic E-state index is 13.7. The highest BCUT2D eigenvalue weighted by molar-refractivity contribution is 7.09. The summed E-state index contributed by atoms with van der Waals surface area (Å²) in [4.78, 5) is 30.2. The molecule has 1 atom stereocenters. The Morgan fingerprint density at radius 1 is 1.06 bits per heavy atom. The van der Waals surface area contributed by atoms with Crippen LogP contribution in [0.2, 0.25) is 0 Å². The average molecular weight is 444 g/mol. The molecule has 0 bridgehead atoms. The average Bonchev–Trinajstić information content (AvgIpc) is 3.46. The third kappa shape index (κ3) is 3.60. The number of thiophene rings is 1. The molecule has 0 unspecified atom stereocenters. The zero-order valence-corrected chi connectivity index (χ0v) is 18.8. The minimum absolute atomic E-state index is 0.0960. The van der Waals surface area contributed by atoms with Gasteiger partial charge in [-0.1, -0.05) is 54.6 Å². The maximum Gasteiger partial charge on any atom is 0.271 e. The Hall–Kier alpha value is -3.38. The van der Waals surface area contributed by atoms with Crippen molar-refractivity contribution in [1.29, 1.82) is 0 Å². The second-order valence-electron chi connectivity index (χ2n) is 8.40. The van der Waals surface area contributed by atoms with E-state index in [1.54, 1.807) is 16.2 Å². The van der Waals surface area contributed by atoms with Crippen molar-refractivity contribution >= 4 is 34.1 Å². The molecule has 162 valence electrons. The summed E-state index contributed by atoms with van der Waals surface area (Å²) in [6, 6.07) is 23.8. The van der Waals surface area contributed by atoms with Crippen molar-refractivity contribution in [2.75, 3.05) is 6.54 Å². The molecule has 1 aliphatic rings. The highest BCUT2D eigenvalue weighted by atomic mass is 32.1.